The van der Waals surface area contributed by atoms with Gasteiger partial charge in [0.1, 0.15) is 10.4 Å². The number of nitrogens with one attached hydrogen (secondary N) is 2. The van der Waals surface area contributed by atoms with Crippen molar-refractivity contribution in [3.05, 3.63) is 35.0 Å². The number of piperidine rings is 1. The van der Waals surface area contributed by atoms with Crippen LogP contribution >= 0.6 is 15.9 Å². The summed E-state index contributed by atoms with van der Waals surface area (Å²) in [6.07, 6.45) is 3.32. The molecule has 144 valence electrons. The number of aliphatic carboxylic acids is 2. The molecule has 0 unspecified atom stereocenters. The van der Waals surface area contributed by atoms with Gasteiger partial charge < -0.3 is 20.8 Å². The van der Waals surface area contributed by atoms with Gasteiger partial charge in [-0.25, -0.2) is 14.6 Å². The first-order valence-corrected chi connectivity index (χ1v) is 9.00. The average molecular weight is 428 g/mol. The van der Waals surface area contributed by atoms with Gasteiger partial charge in [-0.15, -0.1) is 0 Å². The molecular weight excluding hydrogens is 402 g/mol. The summed E-state index contributed by atoms with van der Waals surface area (Å²) in [6.45, 7) is 9.04. The van der Waals surface area contributed by atoms with Crippen LogP contribution in [0.4, 0.5) is 5.82 Å². The maximum atomic E-state index is 9.55. The van der Waals surface area contributed by atoms with Crippen molar-refractivity contribution in [3.8, 4) is 0 Å². The zero-order valence-corrected chi connectivity index (χ0v) is 17.0. The zero-order chi connectivity index (χ0) is 20.0. The van der Waals surface area contributed by atoms with Crippen LogP contribution in [0.1, 0.15) is 40.5 Å². The van der Waals surface area contributed by atoms with Crippen LogP contribution in [0.3, 0.4) is 0 Å². The summed E-state index contributed by atoms with van der Waals surface area (Å²) < 4.78 is 0.875. The van der Waals surface area contributed by atoms with Crippen LogP contribution in [0, 0.1) is 0 Å². The van der Waals surface area contributed by atoms with Gasteiger partial charge in [0.05, 0.1) is 0 Å². The molecule has 1 aliphatic heterocycles. The monoisotopic (exact) mass is 427 g/mol. The molecule has 0 amide bonds. The van der Waals surface area contributed by atoms with Crippen LogP contribution in [-0.4, -0.2) is 44.3 Å². The van der Waals surface area contributed by atoms with Crippen LogP contribution in [0.25, 0.3) is 0 Å². The molecule has 8 heteroatoms. The normalized spacial score (nSPS) is 18.7. The topological polar surface area (TPSA) is 112 Å². The van der Waals surface area contributed by atoms with Crippen molar-refractivity contribution >= 4 is 33.7 Å². The number of rotatable bonds is 4. The summed E-state index contributed by atoms with van der Waals surface area (Å²) in [4.78, 5) is 23.6. The minimum absolute atomic E-state index is 0.158. The second-order valence-electron chi connectivity index (χ2n) is 7.50. The van der Waals surface area contributed by atoms with Crippen molar-refractivity contribution in [2.45, 2.75) is 57.7 Å². The van der Waals surface area contributed by atoms with Gasteiger partial charge in [-0.1, -0.05) is 6.07 Å². The molecule has 2 heterocycles. The predicted octanol–water partition coefficient (Wildman–Crippen LogP) is 3.28. The van der Waals surface area contributed by atoms with E-state index in [0.717, 1.165) is 23.3 Å². The molecule has 26 heavy (non-hydrogen) atoms. The number of carboxylic acids is 2. The molecule has 0 aliphatic carbocycles. The Labute approximate surface area is 162 Å². The summed E-state index contributed by atoms with van der Waals surface area (Å²) >= 11 is 3.41. The van der Waals surface area contributed by atoms with Gasteiger partial charge in [0.2, 0.25) is 0 Å². The Bertz CT molecular complexity index is 642. The van der Waals surface area contributed by atoms with Crippen molar-refractivity contribution < 1.29 is 19.8 Å². The number of aromatic nitrogens is 1. The Kier molecular flexibility index (Phi) is 7.77. The maximum absolute atomic E-state index is 9.55. The number of carbonyl (C=O) groups is 2. The number of anilines is 1. The molecule has 1 aromatic heterocycles. The molecule has 0 bridgehead atoms. The van der Waals surface area contributed by atoms with Crippen molar-refractivity contribution in [3.63, 3.8) is 0 Å². The first-order valence-electron chi connectivity index (χ1n) is 8.21. The molecule has 1 saturated heterocycles. The SMILES string of the molecule is CC1(C)CC(Nc2cccc(Br)n2)CC(C)(C)N1.O=C(O)/C=C/C(=O)O. The van der Waals surface area contributed by atoms with E-state index in [1.54, 1.807) is 0 Å². The Balaban J connectivity index is 0.000000359. The van der Waals surface area contributed by atoms with E-state index in [4.69, 9.17) is 10.2 Å². The highest BCUT2D eigenvalue weighted by Crippen LogP contribution is 2.30. The fourth-order valence-electron chi connectivity index (χ4n) is 3.26. The smallest absolute Gasteiger partial charge is 0.328 e. The fraction of sp³-hybridized carbons (Fsp3) is 0.500. The van der Waals surface area contributed by atoms with Crippen LogP contribution in [0.2, 0.25) is 0 Å². The Hall–Kier alpha value is -1.93. The summed E-state index contributed by atoms with van der Waals surface area (Å²) in [5.74, 6) is -1.57. The molecule has 0 spiro atoms. The van der Waals surface area contributed by atoms with E-state index in [-0.39, 0.29) is 11.1 Å². The van der Waals surface area contributed by atoms with Gasteiger partial charge in [-0.2, -0.15) is 0 Å². The van der Waals surface area contributed by atoms with Crippen LogP contribution < -0.4 is 10.6 Å². The molecule has 4 N–H and O–H groups in total. The average Bonchev–Trinajstić information content (AvgIpc) is 2.42. The molecule has 0 atom stereocenters. The van der Waals surface area contributed by atoms with Gasteiger partial charge in [-0.05, 0) is 68.6 Å². The minimum Gasteiger partial charge on any atom is -0.478 e. The predicted molar refractivity (Wildman–Crippen MR) is 104 cm³/mol. The third-order valence-electron chi connectivity index (χ3n) is 3.63. The number of pyridine rings is 1. The molecule has 1 aromatic rings. The lowest BCUT2D eigenvalue weighted by atomic mass is 9.79. The van der Waals surface area contributed by atoms with Gasteiger partial charge in [-0.3, -0.25) is 0 Å². The van der Waals surface area contributed by atoms with Crippen molar-refractivity contribution in [2.75, 3.05) is 5.32 Å². The molecular formula is C18H26BrN3O4. The van der Waals surface area contributed by atoms with E-state index >= 15 is 0 Å². The van der Waals surface area contributed by atoms with Gasteiger partial charge in [0.25, 0.3) is 0 Å². The summed E-state index contributed by atoms with van der Waals surface area (Å²) in [5.41, 5.74) is 0.316. The number of hydrogen-bond donors (Lipinski definition) is 4. The molecule has 1 aliphatic rings. The molecule has 2 rings (SSSR count). The third kappa shape index (κ3) is 8.96. The molecule has 0 saturated carbocycles. The van der Waals surface area contributed by atoms with Crippen molar-refractivity contribution in [1.82, 2.24) is 10.3 Å². The number of nitrogens with zero attached hydrogens (tertiary/aromatic N) is 1. The molecule has 7 nitrogen and oxygen atoms in total. The van der Waals surface area contributed by atoms with Crippen LogP contribution in [0.5, 0.6) is 0 Å². The first-order chi connectivity index (χ1) is 11.9. The second kappa shape index (κ2) is 9.14. The number of hydrogen-bond acceptors (Lipinski definition) is 5. The molecule has 1 fully saturated rings. The quantitative estimate of drug-likeness (QED) is 0.430. The molecule has 0 radical (unpaired) electrons. The second-order valence-corrected chi connectivity index (χ2v) is 8.31. The largest absolute Gasteiger partial charge is 0.478 e. The highest BCUT2D eigenvalue weighted by atomic mass is 79.9. The van der Waals surface area contributed by atoms with Gasteiger partial charge in [0.15, 0.2) is 0 Å². The lowest BCUT2D eigenvalue weighted by Gasteiger charge is -2.46. The first kappa shape index (κ1) is 22.1. The highest BCUT2D eigenvalue weighted by Gasteiger charge is 2.37. The fourth-order valence-corrected chi connectivity index (χ4v) is 3.61. The Morgan fingerprint density at radius 1 is 1.15 bits per heavy atom. The number of carboxylic acid groups (broad SMARTS) is 2. The summed E-state index contributed by atoms with van der Waals surface area (Å²) in [5, 5.41) is 22.9. The number of halogens is 1. The van der Waals surface area contributed by atoms with Gasteiger partial charge in [0, 0.05) is 29.3 Å². The maximum Gasteiger partial charge on any atom is 0.328 e. The van der Waals surface area contributed by atoms with Crippen LogP contribution in [0.15, 0.2) is 35.0 Å². The van der Waals surface area contributed by atoms with E-state index in [1.165, 1.54) is 0 Å². The highest BCUT2D eigenvalue weighted by molar-refractivity contribution is 9.10. The third-order valence-corrected chi connectivity index (χ3v) is 4.07. The van der Waals surface area contributed by atoms with Gasteiger partial charge >= 0.3 is 11.9 Å². The zero-order valence-electron chi connectivity index (χ0n) is 15.4. The van der Waals surface area contributed by atoms with E-state index in [9.17, 15) is 9.59 Å². The van der Waals surface area contributed by atoms with Crippen molar-refractivity contribution in [2.24, 2.45) is 0 Å². The Morgan fingerprint density at radius 3 is 2.08 bits per heavy atom. The van der Waals surface area contributed by atoms with E-state index < -0.39 is 11.9 Å². The van der Waals surface area contributed by atoms with Crippen molar-refractivity contribution in [1.29, 1.82) is 0 Å². The van der Waals surface area contributed by atoms with E-state index in [2.05, 4.69) is 59.2 Å². The minimum atomic E-state index is -1.26. The molecule has 0 aromatic carbocycles. The van der Waals surface area contributed by atoms with Crippen LogP contribution in [-0.2, 0) is 9.59 Å². The van der Waals surface area contributed by atoms with E-state index in [1.807, 2.05) is 18.2 Å². The lowest BCUT2D eigenvalue weighted by Crippen LogP contribution is -2.60. The summed E-state index contributed by atoms with van der Waals surface area (Å²) in [6, 6.07) is 6.43. The van der Waals surface area contributed by atoms with E-state index in [0.29, 0.717) is 18.2 Å². The standard InChI is InChI=1S/C14H22BrN3.C4H4O4/c1-13(2)8-10(9-14(3,4)18-13)16-12-7-5-6-11(15)17-12;5-3(6)1-2-4(7)8/h5-7,10,18H,8-9H2,1-4H3,(H,16,17);1-2H,(H,5,6)(H,7,8)/b;2-1+. The Morgan fingerprint density at radius 2 is 1.65 bits per heavy atom. The summed E-state index contributed by atoms with van der Waals surface area (Å²) in [7, 11) is 0. The lowest BCUT2D eigenvalue weighted by molar-refractivity contribution is -0.134.